The summed E-state index contributed by atoms with van der Waals surface area (Å²) in [5.74, 6) is 0. The Kier molecular flexibility index (Phi) is 3.85. The third-order valence-corrected chi connectivity index (χ3v) is 5.90. The highest BCUT2D eigenvalue weighted by molar-refractivity contribution is 6.26. The molecule has 5 aromatic carbocycles. The van der Waals surface area contributed by atoms with Gasteiger partial charge in [0.2, 0.25) is 0 Å². The van der Waals surface area contributed by atoms with Crippen LogP contribution < -0.4 is 0 Å². The van der Waals surface area contributed by atoms with Gasteiger partial charge in [-0.15, -0.1) is 0 Å². The molecule has 0 spiro atoms. The Morgan fingerprint density at radius 2 is 0.933 bits per heavy atom. The van der Waals surface area contributed by atoms with Crippen LogP contribution in [0.15, 0.2) is 115 Å². The number of aromatic nitrogens is 1. The van der Waals surface area contributed by atoms with Gasteiger partial charge in [0.1, 0.15) is 0 Å². The molecule has 0 saturated heterocycles. The molecule has 0 atom stereocenters. The van der Waals surface area contributed by atoms with E-state index in [4.69, 9.17) is 0 Å². The van der Waals surface area contributed by atoms with Gasteiger partial charge in [-0.3, -0.25) is 4.98 Å². The van der Waals surface area contributed by atoms with Crippen LogP contribution in [0.4, 0.5) is 0 Å². The maximum atomic E-state index is 4.54. The van der Waals surface area contributed by atoms with Gasteiger partial charge < -0.3 is 0 Å². The van der Waals surface area contributed by atoms with E-state index in [0.29, 0.717) is 0 Å². The van der Waals surface area contributed by atoms with Crippen molar-refractivity contribution in [2.75, 3.05) is 0 Å². The average molecular weight is 381 g/mol. The highest BCUT2D eigenvalue weighted by Crippen LogP contribution is 2.38. The van der Waals surface area contributed by atoms with Crippen LogP contribution in [0.3, 0.4) is 0 Å². The van der Waals surface area contributed by atoms with E-state index in [2.05, 4.69) is 102 Å². The molecule has 0 unspecified atom stereocenters. The van der Waals surface area contributed by atoms with Crippen molar-refractivity contribution in [2.45, 2.75) is 0 Å². The van der Waals surface area contributed by atoms with Crippen molar-refractivity contribution >= 4 is 32.3 Å². The van der Waals surface area contributed by atoms with Gasteiger partial charge in [-0.2, -0.15) is 0 Å². The first-order chi connectivity index (χ1) is 14.9. The zero-order valence-electron chi connectivity index (χ0n) is 16.4. The standard InChI is InChI=1S/C29H19N/c1-2-8-20(9-3-1)21-13-15-25-26-16-14-22(29-12-6-7-17-30-29)19-28(26)24-11-5-4-10-23(24)27(25)18-21/h1-19H. The SMILES string of the molecule is c1ccc(-c2ccc3c4ccc(-c5ccccn5)cc4c4ccccc4c3c2)cc1. The summed E-state index contributed by atoms with van der Waals surface area (Å²) < 4.78 is 0. The Bertz CT molecular complexity index is 1380. The van der Waals surface area contributed by atoms with E-state index in [1.807, 2.05) is 18.3 Å². The average Bonchev–Trinajstić information content (AvgIpc) is 2.85. The lowest BCUT2D eigenvalue weighted by atomic mass is 9.91. The van der Waals surface area contributed by atoms with E-state index in [0.717, 1.165) is 11.3 Å². The van der Waals surface area contributed by atoms with Crippen LogP contribution >= 0.6 is 0 Å². The van der Waals surface area contributed by atoms with Crippen LogP contribution in [-0.2, 0) is 0 Å². The summed E-state index contributed by atoms with van der Waals surface area (Å²) in [4.78, 5) is 4.54. The molecule has 1 aromatic heterocycles. The van der Waals surface area contributed by atoms with Crippen molar-refractivity contribution in [1.82, 2.24) is 4.98 Å². The molecule has 0 N–H and O–H groups in total. The van der Waals surface area contributed by atoms with Crippen molar-refractivity contribution in [3.05, 3.63) is 115 Å². The molecule has 6 aromatic rings. The topological polar surface area (TPSA) is 12.9 Å². The Balaban J connectivity index is 1.69. The number of benzene rings is 5. The third-order valence-electron chi connectivity index (χ3n) is 5.90. The van der Waals surface area contributed by atoms with Crippen LogP contribution in [0.1, 0.15) is 0 Å². The monoisotopic (exact) mass is 381 g/mol. The zero-order valence-corrected chi connectivity index (χ0v) is 16.4. The summed E-state index contributed by atoms with van der Waals surface area (Å²) in [6, 6.07) is 38.9. The van der Waals surface area contributed by atoms with Gasteiger partial charge in [0.25, 0.3) is 0 Å². The van der Waals surface area contributed by atoms with Gasteiger partial charge in [0.05, 0.1) is 5.69 Å². The van der Waals surface area contributed by atoms with Crippen LogP contribution in [0.2, 0.25) is 0 Å². The summed E-state index contributed by atoms with van der Waals surface area (Å²) in [6.07, 6.45) is 1.85. The fourth-order valence-electron chi connectivity index (χ4n) is 4.46. The molecule has 140 valence electrons. The molecule has 30 heavy (non-hydrogen) atoms. The molecule has 6 rings (SSSR count). The summed E-state index contributed by atoms with van der Waals surface area (Å²) in [5, 5.41) is 7.71. The number of nitrogens with zero attached hydrogens (tertiary/aromatic N) is 1. The molecule has 0 bridgehead atoms. The molecule has 1 heteroatoms. The molecule has 0 fully saturated rings. The minimum absolute atomic E-state index is 1.00. The van der Waals surface area contributed by atoms with Crippen molar-refractivity contribution in [3.63, 3.8) is 0 Å². The molecule has 0 aliphatic carbocycles. The maximum absolute atomic E-state index is 4.54. The predicted molar refractivity (Wildman–Crippen MR) is 128 cm³/mol. The molecule has 0 aliphatic heterocycles. The quantitative estimate of drug-likeness (QED) is 0.278. The van der Waals surface area contributed by atoms with E-state index in [9.17, 15) is 0 Å². The van der Waals surface area contributed by atoms with Gasteiger partial charge in [0.15, 0.2) is 0 Å². The second-order valence-corrected chi connectivity index (χ2v) is 7.65. The van der Waals surface area contributed by atoms with Crippen LogP contribution in [0, 0.1) is 0 Å². The summed E-state index contributed by atoms with van der Waals surface area (Å²) in [5.41, 5.74) is 4.64. The highest BCUT2D eigenvalue weighted by Gasteiger charge is 2.11. The minimum atomic E-state index is 1.00. The van der Waals surface area contributed by atoms with E-state index in [-0.39, 0.29) is 0 Å². The fourth-order valence-corrected chi connectivity index (χ4v) is 4.46. The molecule has 0 aliphatic rings. The van der Waals surface area contributed by atoms with E-state index in [1.165, 1.54) is 43.4 Å². The number of hydrogen-bond acceptors (Lipinski definition) is 1. The van der Waals surface area contributed by atoms with Gasteiger partial charge in [-0.1, -0.05) is 84.9 Å². The Morgan fingerprint density at radius 3 is 1.60 bits per heavy atom. The lowest BCUT2D eigenvalue weighted by molar-refractivity contribution is 1.33. The smallest absolute Gasteiger partial charge is 0.0702 e. The van der Waals surface area contributed by atoms with Crippen molar-refractivity contribution < 1.29 is 0 Å². The number of hydrogen-bond donors (Lipinski definition) is 0. The maximum Gasteiger partial charge on any atom is 0.0702 e. The van der Waals surface area contributed by atoms with E-state index >= 15 is 0 Å². The van der Waals surface area contributed by atoms with E-state index < -0.39 is 0 Å². The molecule has 1 heterocycles. The van der Waals surface area contributed by atoms with Crippen LogP contribution in [-0.4, -0.2) is 4.98 Å². The Labute approximate surface area is 175 Å². The predicted octanol–water partition coefficient (Wildman–Crippen LogP) is 7.88. The third kappa shape index (κ3) is 2.67. The van der Waals surface area contributed by atoms with E-state index in [1.54, 1.807) is 0 Å². The molecular formula is C29H19N. The van der Waals surface area contributed by atoms with Gasteiger partial charge in [-0.25, -0.2) is 0 Å². The van der Waals surface area contributed by atoms with Crippen LogP contribution in [0.5, 0.6) is 0 Å². The van der Waals surface area contributed by atoms with Gasteiger partial charge in [-0.05, 0) is 67.7 Å². The number of rotatable bonds is 2. The number of fused-ring (bicyclic) bond motifs is 6. The fraction of sp³-hybridized carbons (Fsp3) is 0. The first-order valence-electron chi connectivity index (χ1n) is 10.2. The zero-order chi connectivity index (χ0) is 19.9. The van der Waals surface area contributed by atoms with Gasteiger partial charge in [0, 0.05) is 11.8 Å². The molecule has 0 saturated carbocycles. The molecule has 0 amide bonds. The van der Waals surface area contributed by atoms with Crippen LogP contribution in [0.25, 0.3) is 54.7 Å². The molecular weight excluding hydrogens is 362 g/mol. The lowest BCUT2D eigenvalue weighted by Crippen LogP contribution is -1.87. The first-order valence-corrected chi connectivity index (χ1v) is 10.2. The second-order valence-electron chi connectivity index (χ2n) is 7.65. The summed E-state index contributed by atoms with van der Waals surface area (Å²) >= 11 is 0. The van der Waals surface area contributed by atoms with Gasteiger partial charge >= 0.3 is 0 Å². The van der Waals surface area contributed by atoms with Crippen molar-refractivity contribution in [3.8, 4) is 22.4 Å². The molecule has 0 radical (unpaired) electrons. The largest absolute Gasteiger partial charge is 0.256 e. The summed E-state index contributed by atoms with van der Waals surface area (Å²) in [6.45, 7) is 0. The summed E-state index contributed by atoms with van der Waals surface area (Å²) in [7, 11) is 0. The first kappa shape index (κ1) is 16.9. The minimum Gasteiger partial charge on any atom is -0.256 e. The van der Waals surface area contributed by atoms with Crippen molar-refractivity contribution in [1.29, 1.82) is 0 Å². The number of pyridine rings is 1. The van der Waals surface area contributed by atoms with Crippen molar-refractivity contribution in [2.24, 2.45) is 0 Å². The lowest BCUT2D eigenvalue weighted by Gasteiger charge is -2.13. The Morgan fingerprint density at radius 1 is 0.367 bits per heavy atom. The second kappa shape index (κ2) is 6.82. The molecule has 1 nitrogen and oxygen atoms in total. The Hall–Kier alpha value is -3.97. The normalized spacial score (nSPS) is 11.3. The highest BCUT2D eigenvalue weighted by atomic mass is 14.7.